The van der Waals surface area contributed by atoms with E-state index in [1.54, 1.807) is 28.0 Å². The molecule has 4 rings (SSSR count). The molecule has 6 heteroatoms. The van der Waals surface area contributed by atoms with E-state index in [1.807, 2.05) is 17.5 Å². The second-order valence-electron chi connectivity index (χ2n) is 6.21. The third-order valence-electron chi connectivity index (χ3n) is 4.58. The first-order valence-electron chi connectivity index (χ1n) is 8.10. The van der Waals surface area contributed by atoms with Crippen molar-refractivity contribution < 1.29 is 4.79 Å². The summed E-state index contributed by atoms with van der Waals surface area (Å²) in [4.78, 5) is 17.8. The lowest BCUT2D eigenvalue weighted by Gasteiger charge is -2.42. The summed E-state index contributed by atoms with van der Waals surface area (Å²) in [5, 5.41) is 12.6. The van der Waals surface area contributed by atoms with Crippen molar-refractivity contribution >= 4 is 34.7 Å². The van der Waals surface area contributed by atoms with Crippen molar-refractivity contribution in [1.29, 1.82) is 5.26 Å². The van der Waals surface area contributed by atoms with Gasteiger partial charge in [0.25, 0.3) is 0 Å². The second-order valence-corrected chi connectivity index (χ2v) is 8.13. The van der Waals surface area contributed by atoms with E-state index in [-0.39, 0.29) is 11.8 Å². The fourth-order valence-corrected chi connectivity index (χ4v) is 5.22. The first-order chi connectivity index (χ1) is 12.2. The van der Waals surface area contributed by atoms with Crippen LogP contribution in [-0.2, 0) is 4.79 Å². The molecule has 1 atom stereocenters. The van der Waals surface area contributed by atoms with Crippen LogP contribution in [-0.4, -0.2) is 23.4 Å². The predicted octanol–water partition coefficient (Wildman–Crippen LogP) is 4.28. The molecule has 2 aromatic rings. The van der Waals surface area contributed by atoms with Crippen molar-refractivity contribution in [2.45, 2.75) is 19.3 Å². The average Bonchev–Trinajstić information content (AvgIpc) is 3.16. The third-order valence-corrected chi connectivity index (χ3v) is 6.72. The van der Waals surface area contributed by atoms with E-state index in [0.29, 0.717) is 13.1 Å². The molecule has 0 spiro atoms. The minimum Gasteiger partial charge on any atom is -0.344 e. The molecule has 4 nitrogen and oxygen atoms in total. The summed E-state index contributed by atoms with van der Waals surface area (Å²) < 4.78 is 0. The maximum atomic E-state index is 12.8. The number of benzene rings is 1. The van der Waals surface area contributed by atoms with Crippen LogP contribution in [0.15, 0.2) is 52.4 Å². The number of anilines is 1. The molecule has 0 radical (unpaired) electrons. The van der Waals surface area contributed by atoms with Gasteiger partial charge in [0, 0.05) is 22.9 Å². The summed E-state index contributed by atoms with van der Waals surface area (Å²) in [6, 6.07) is 14.7. The van der Waals surface area contributed by atoms with Gasteiger partial charge >= 0.3 is 0 Å². The van der Waals surface area contributed by atoms with Crippen molar-refractivity contribution in [3.05, 3.63) is 62.8 Å². The fraction of sp³-hybridized carbons (Fsp3) is 0.263. The number of aryl methyl sites for hydroxylation is 1. The van der Waals surface area contributed by atoms with Gasteiger partial charge in [-0.2, -0.15) is 5.26 Å². The Bertz CT molecular complexity index is 865. The van der Waals surface area contributed by atoms with Crippen LogP contribution in [0.2, 0.25) is 0 Å². The van der Waals surface area contributed by atoms with Crippen molar-refractivity contribution in [1.82, 2.24) is 4.90 Å². The molecule has 1 aromatic carbocycles. The Morgan fingerprint density at radius 1 is 1.24 bits per heavy atom. The number of hydrogen-bond donors (Lipinski definition) is 0. The molecule has 0 saturated carbocycles. The van der Waals surface area contributed by atoms with Gasteiger partial charge in [-0.1, -0.05) is 35.5 Å². The van der Waals surface area contributed by atoms with E-state index in [1.165, 1.54) is 5.56 Å². The molecular weight excluding hydrogens is 350 g/mol. The molecule has 25 heavy (non-hydrogen) atoms. The lowest BCUT2D eigenvalue weighted by Crippen LogP contribution is -2.47. The third kappa shape index (κ3) is 2.94. The fourth-order valence-electron chi connectivity index (χ4n) is 3.21. The zero-order valence-electron chi connectivity index (χ0n) is 13.8. The van der Waals surface area contributed by atoms with Gasteiger partial charge in [0.2, 0.25) is 5.91 Å². The molecule has 3 heterocycles. The normalized spacial score (nSPS) is 20.5. The van der Waals surface area contributed by atoms with Gasteiger partial charge in [0.1, 0.15) is 0 Å². The van der Waals surface area contributed by atoms with Crippen molar-refractivity contribution in [2.24, 2.45) is 0 Å². The van der Waals surface area contributed by atoms with Crippen LogP contribution in [0.25, 0.3) is 0 Å². The molecule has 1 amide bonds. The van der Waals surface area contributed by atoms with Crippen molar-refractivity contribution in [3.63, 3.8) is 0 Å². The summed E-state index contributed by atoms with van der Waals surface area (Å²) in [5.74, 6) is 0.740. The van der Waals surface area contributed by atoms with E-state index < -0.39 is 0 Å². The van der Waals surface area contributed by atoms with Gasteiger partial charge in [0.05, 0.1) is 29.2 Å². The molecule has 2 aliphatic heterocycles. The lowest BCUT2D eigenvalue weighted by molar-refractivity contribution is -0.129. The van der Waals surface area contributed by atoms with Gasteiger partial charge < -0.3 is 4.90 Å². The van der Waals surface area contributed by atoms with Crippen LogP contribution >= 0.6 is 23.1 Å². The Balaban J connectivity index is 1.65. The number of thiophene rings is 1. The van der Waals surface area contributed by atoms with Crippen LogP contribution < -0.4 is 4.90 Å². The van der Waals surface area contributed by atoms with Crippen LogP contribution in [0, 0.1) is 18.3 Å². The van der Waals surface area contributed by atoms with Crippen LogP contribution in [0.4, 0.5) is 5.69 Å². The quantitative estimate of drug-likeness (QED) is 0.795. The highest BCUT2D eigenvalue weighted by Gasteiger charge is 2.38. The minimum atomic E-state index is -0.0952. The number of carbonyl (C=O) groups excluding carboxylic acids is 1. The molecule has 0 unspecified atom stereocenters. The monoisotopic (exact) mass is 367 g/mol. The van der Waals surface area contributed by atoms with Gasteiger partial charge in [-0.15, -0.1) is 11.3 Å². The highest BCUT2D eigenvalue weighted by Crippen LogP contribution is 2.44. The Labute approximate surface area is 155 Å². The van der Waals surface area contributed by atoms with Gasteiger partial charge in [-0.05, 0) is 30.5 Å². The highest BCUT2D eigenvalue weighted by molar-refractivity contribution is 8.03. The molecule has 126 valence electrons. The summed E-state index contributed by atoms with van der Waals surface area (Å²) in [5.41, 5.74) is 3.05. The highest BCUT2D eigenvalue weighted by atomic mass is 32.2. The van der Waals surface area contributed by atoms with Crippen LogP contribution in [0.1, 0.15) is 22.8 Å². The number of hydrogen-bond acceptors (Lipinski definition) is 5. The number of allylic oxidation sites excluding steroid dienone is 1. The number of nitrogens with zero attached hydrogens (tertiary/aromatic N) is 3. The number of fused-ring (bicyclic) bond motifs is 1. The van der Waals surface area contributed by atoms with Crippen LogP contribution in [0.5, 0.6) is 0 Å². The molecule has 1 aromatic heterocycles. The number of thioether (sulfide) groups is 1. The van der Waals surface area contributed by atoms with Gasteiger partial charge in [-0.25, -0.2) is 0 Å². The van der Waals surface area contributed by atoms with Crippen molar-refractivity contribution in [3.8, 4) is 6.07 Å². The molecule has 1 fully saturated rings. The Kier molecular flexibility index (Phi) is 4.28. The van der Waals surface area contributed by atoms with E-state index in [9.17, 15) is 10.1 Å². The summed E-state index contributed by atoms with van der Waals surface area (Å²) in [6.07, 6.45) is 0.370. The summed E-state index contributed by atoms with van der Waals surface area (Å²) in [7, 11) is 0. The molecule has 0 aliphatic carbocycles. The van der Waals surface area contributed by atoms with E-state index in [0.717, 1.165) is 27.0 Å². The average molecular weight is 367 g/mol. The largest absolute Gasteiger partial charge is 0.344 e. The number of nitriles is 1. The summed E-state index contributed by atoms with van der Waals surface area (Å²) in [6.45, 7) is 2.57. The predicted molar refractivity (Wildman–Crippen MR) is 102 cm³/mol. The van der Waals surface area contributed by atoms with E-state index in [4.69, 9.17) is 0 Å². The Morgan fingerprint density at radius 3 is 2.72 bits per heavy atom. The molecular formula is C19H17N3OS2. The lowest BCUT2D eigenvalue weighted by atomic mass is 9.92. The van der Waals surface area contributed by atoms with Gasteiger partial charge in [-0.3, -0.25) is 9.69 Å². The molecule has 0 bridgehead atoms. The topological polar surface area (TPSA) is 47.3 Å². The van der Waals surface area contributed by atoms with Crippen molar-refractivity contribution in [2.75, 3.05) is 17.4 Å². The minimum absolute atomic E-state index is 0.0942. The number of rotatable bonds is 2. The zero-order chi connectivity index (χ0) is 17.4. The smallest absolute Gasteiger partial charge is 0.229 e. The number of carbonyl (C=O) groups is 1. The first-order valence-corrected chi connectivity index (χ1v) is 9.96. The Hall–Kier alpha value is -2.23. The SMILES string of the molecule is Cc1ccc(N2CSC3=C(C#N)[C@@H](c4cccs4)CC(=O)N3C2)cc1. The molecule has 0 N–H and O–H groups in total. The van der Waals surface area contributed by atoms with Gasteiger partial charge in [0.15, 0.2) is 0 Å². The zero-order valence-corrected chi connectivity index (χ0v) is 15.4. The van der Waals surface area contributed by atoms with E-state index in [2.05, 4.69) is 42.2 Å². The molecule has 1 saturated heterocycles. The number of amides is 1. The first kappa shape index (κ1) is 16.2. The van der Waals surface area contributed by atoms with Crippen LogP contribution in [0.3, 0.4) is 0 Å². The second kappa shape index (κ2) is 6.58. The Morgan fingerprint density at radius 2 is 2.04 bits per heavy atom. The maximum Gasteiger partial charge on any atom is 0.229 e. The molecule has 2 aliphatic rings. The summed E-state index contributed by atoms with van der Waals surface area (Å²) >= 11 is 3.20. The standard InChI is InChI=1S/C19H17N3OS2/c1-13-4-6-14(7-5-13)21-11-22-18(23)9-15(17-3-2-8-24-17)16(10-20)19(22)25-12-21/h2-8,15H,9,11-12H2,1H3/t15-/m0/s1. The maximum absolute atomic E-state index is 12.8. The van der Waals surface area contributed by atoms with E-state index >= 15 is 0 Å².